The third-order valence-electron chi connectivity index (χ3n) is 7.75. The minimum absolute atomic E-state index is 0.0218. The molecule has 1 saturated carbocycles. The van der Waals surface area contributed by atoms with Crippen molar-refractivity contribution in [3.05, 3.63) is 87.3 Å². The molecule has 2 aromatic carbocycles. The summed E-state index contributed by atoms with van der Waals surface area (Å²) in [5.74, 6) is -0.203. The zero-order valence-electron chi connectivity index (χ0n) is 22.4. The fourth-order valence-electron chi connectivity index (χ4n) is 5.73. The molecule has 7 rings (SSSR count). The van der Waals surface area contributed by atoms with E-state index in [4.69, 9.17) is 11.6 Å². The molecule has 41 heavy (non-hydrogen) atoms. The molecule has 0 saturated heterocycles. The van der Waals surface area contributed by atoms with Crippen LogP contribution in [0.2, 0.25) is 5.02 Å². The van der Waals surface area contributed by atoms with E-state index in [-0.39, 0.29) is 45.3 Å². The van der Waals surface area contributed by atoms with Gasteiger partial charge in [-0.2, -0.15) is 4.98 Å². The van der Waals surface area contributed by atoms with Gasteiger partial charge in [0.2, 0.25) is 11.7 Å². The first kappa shape index (κ1) is 25.5. The Hall–Kier alpha value is -4.51. The summed E-state index contributed by atoms with van der Waals surface area (Å²) in [4.78, 5) is 41.5. The first-order chi connectivity index (χ1) is 19.7. The Kier molecular flexibility index (Phi) is 5.75. The molecule has 1 aliphatic heterocycles. The molecule has 2 aliphatic rings. The Bertz CT molecular complexity index is 1910. The Morgan fingerprint density at radius 1 is 1.17 bits per heavy atom. The van der Waals surface area contributed by atoms with Crippen LogP contribution >= 0.6 is 11.6 Å². The number of imidazole rings is 1. The van der Waals surface area contributed by atoms with Crippen LogP contribution in [0.3, 0.4) is 0 Å². The highest BCUT2D eigenvalue weighted by molar-refractivity contribution is 6.32. The number of anilines is 2. The lowest BCUT2D eigenvalue weighted by molar-refractivity contribution is 0.181. The van der Waals surface area contributed by atoms with Gasteiger partial charge >= 0.3 is 6.03 Å². The normalized spacial score (nSPS) is 15.5. The average Bonchev–Trinajstić information content (AvgIpc) is 3.52. The van der Waals surface area contributed by atoms with Crippen LogP contribution in [0.4, 0.5) is 20.8 Å². The fourth-order valence-corrected chi connectivity index (χ4v) is 5.98. The van der Waals surface area contributed by atoms with Crippen molar-refractivity contribution >= 4 is 46.1 Å². The van der Waals surface area contributed by atoms with Crippen LogP contribution in [0, 0.1) is 5.82 Å². The van der Waals surface area contributed by atoms with E-state index < -0.39 is 11.4 Å². The van der Waals surface area contributed by atoms with Gasteiger partial charge in [-0.25, -0.2) is 23.7 Å². The Balaban J connectivity index is 1.26. The van der Waals surface area contributed by atoms with Crippen LogP contribution in [0.25, 0.3) is 22.5 Å². The van der Waals surface area contributed by atoms with E-state index in [1.54, 1.807) is 10.6 Å². The van der Waals surface area contributed by atoms with E-state index in [0.717, 1.165) is 35.2 Å². The van der Waals surface area contributed by atoms with Crippen molar-refractivity contribution in [1.29, 1.82) is 0 Å². The number of hydrogen-bond donors (Lipinski definition) is 2. The summed E-state index contributed by atoms with van der Waals surface area (Å²) >= 11 is 6.29. The van der Waals surface area contributed by atoms with Crippen molar-refractivity contribution in [2.45, 2.75) is 44.7 Å². The highest BCUT2D eigenvalue weighted by Crippen LogP contribution is 2.52. The molecule has 0 radical (unpaired) electrons. The van der Waals surface area contributed by atoms with E-state index in [1.807, 2.05) is 30.9 Å². The SMILES string of the molecule is CC(C)NC(=O)N1Cc2cc(Nc3ncc4c(=O)n(-c5c(F)cccc5Cl)c5nccn5c4n3)ccc2C2(CC2)C1. The van der Waals surface area contributed by atoms with Gasteiger partial charge in [0.15, 0.2) is 5.65 Å². The van der Waals surface area contributed by atoms with Crippen molar-refractivity contribution in [3.63, 3.8) is 0 Å². The molecule has 0 atom stereocenters. The number of fused-ring (bicyclic) bond motifs is 5. The predicted molar refractivity (Wildman–Crippen MR) is 154 cm³/mol. The molecule has 2 amide bonds. The van der Waals surface area contributed by atoms with Gasteiger partial charge in [0.1, 0.15) is 16.9 Å². The van der Waals surface area contributed by atoms with Crippen LogP contribution in [-0.2, 0) is 12.0 Å². The number of benzene rings is 2. The highest BCUT2D eigenvalue weighted by Gasteiger charge is 2.50. The number of nitrogens with one attached hydrogen (secondary N) is 2. The largest absolute Gasteiger partial charge is 0.336 e. The summed E-state index contributed by atoms with van der Waals surface area (Å²) < 4.78 is 17.5. The van der Waals surface area contributed by atoms with E-state index in [9.17, 15) is 14.0 Å². The minimum Gasteiger partial charge on any atom is -0.336 e. The summed E-state index contributed by atoms with van der Waals surface area (Å²) in [6, 6.07) is 10.4. The predicted octanol–water partition coefficient (Wildman–Crippen LogP) is 4.93. The maximum atomic E-state index is 14.8. The third kappa shape index (κ3) is 4.19. The summed E-state index contributed by atoms with van der Waals surface area (Å²) in [7, 11) is 0. The van der Waals surface area contributed by atoms with Gasteiger partial charge in [-0.05, 0) is 62.1 Å². The molecule has 5 aromatic rings. The summed E-state index contributed by atoms with van der Waals surface area (Å²) in [6.45, 7) is 5.14. The molecule has 1 spiro atoms. The van der Waals surface area contributed by atoms with E-state index in [0.29, 0.717) is 12.2 Å². The number of rotatable bonds is 4. The standard InChI is InChI=1S/C29H26ClFN8O2/c1-16(2)34-28(41)37-14-17-12-18(6-7-20(17)29(15-37)8-9-29)35-26-33-13-19-24(36-26)38-11-10-32-27(38)39(25(19)40)23-21(30)4-3-5-22(23)31/h3-7,10-13,16H,8-9,14-15H2,1-2H3,(H,34,41)(H,33,35,36). The molecule has 208 valence electrons. The molecule has 1 aliphatic carbocycles. The smallest absolute Gasteiger partial charge is 0.317 e. The second-order valence-corrected chi connectivity index (χ2v) is 11.4. The number of carbonyl (C=O) groups is 1. The van der Waals surface area contributed by atoms with Gasteiger partial charge in [0, 0.05) is 48.8 Å². The van der Waals surface area contributed by atoms with Crippen LogP contribution in [0.15, 0.2) is 59.8 Å². The van der Waals surface area contributed by atoms with Crippen LogP contribution in [0.5, 0.6) is 0 Å². The molecule has 0 bridgehead atoms. The first-order valence-electron chi connectivity index (χ1n) is 13.4. The van der Waals surface area contributed by atoms with E-state index >= 15 is 0 Å². The van der Waals surface area contributed by atoms with Crippen molar-refractivity contribution in [3.8, 4) is 5.69 Å². The van der Waals surface area contributed by atoms with E-state index in [1.165, 1.54) is 36.2 Å². The quantitative estimate of drug-likeness (QED) is 0.316. The van der Waals surface area contributed by atoms with Gasteiger partial charge in [0.05, 0.1) is 5.02 Å². The van der Waals surface area contributed by atoms with Crippen molar-refractivity contribution in [2.75, 3.05) is 11.9 Å². The zero-order valence-corrected chi connectivity index (χ0v) is 23.1. The lowest BCUT2D eigenvalue weighted by Gasteiger charge is -2.35. The number of hydrogen-bond acceptors (Lipinski definition) is 6. The Labute approximate surface area is 238 Å². The second-order valence-electron chi connectivity index (χ2n) is 11.0. The molecule has 4 heterocycles. The molecule has 3 aromatic heterocycles. The number of nitrogens with zero attached hydrogens (tertiary/aromatic N) is 6. The Morgan fingerprint density at radius 3 is 2.76 bits per heavy atom. The maximum absolute atomic E-state index is 14.8. The molecule has 10 nitrogen and oxygen atoms in total. The number of amides is 2. The molecule has 12 heteroatoms. The number of para-hydroxylation sites is 1. The number of aromatic nitrogens is 5. The van der Waals surface area contributed by atoms with Gasteiger partial charge in [-0.3, -0.25) is 9.20 Å². The molecule has 1 fully saturated rings. The highest BCUT2D eigenvalue weighted by atomic mass is 35.5. The first-order valence-corrected chi connectivity index (χ1v) is 13.8. The lowest BCUT2D eigenvalue weighted by atomic mass is 9.87. The van der Waals surface area contributed by atoms with Crippen LogP contribution in [-0.4, -0.2) is 47.4 Å². The van der Waals surface area contributed by atoms with Crippen LogP contribution < -0.4 is 16.2 Å². The minimum atomic E-state index is -0.649. The van der Waals surface area contributed by atoms with Crippen molar-refractivity contribution in [1.82, 2.24) is 34.1 Å². The van der Waals surface area contributed by atoms with Gasteiger partial charge in [-0.1, -0.05) is 23.7 Å². The van der Waals surface area contributed by atoms with Gasteiger partial charge in [-0.15, -0.1) is 0 Å². The fraction of sp³-hybridized carbons (Fsp3) is 0.276. The maximum Gasteiger partial charge on any atom is 0.317 e. The van der Waals surface area contributed by atoms with Gasteiger partial charge in [0.25, 0.3) is 5.56 Å². The zero-order chi connectivity index (χ0) is 28.5. The topological polar surface area (TPSA) is 109 Å². The molecular formula is C29H26ClFN8O2. The van der Waals surface area contributed by atoms with Crippen molar-refractivity contribution < 1.29 is 9.18 Å². The lowest BCUT2D eigenvalue weighted by Crippen LogP contribution is -2.48. The summed E-state index contributed by atoms with van der Waals surface area (Å²) in [5, 5.41) is 6.51. The third-order valence-corrected chi connectivity index (χ3v) is 8.06. The molecule has 0 unspecified atom stereocenters. The number of halogens is 2. The second kappa shape index (κ2) is 9.27. The number of urea groups is 1. The Morgan fingerprint density at radius 2 is 2.00 bits per heavy atom. The average molecular weight is 573 g/mol. The molecular weight excluding hydrogens is 547 g/mol. The van der Waals surface area contributed by atoms with Crippen LogP contribution in [0.1, 0.15) is 37.8 Å². The monoisotopic (exact) mass is 572 g/mol. The van der Waals surface area contributed by atoms with Crippen molar-refractivity contribution in [2.24, 2.45) is 0 Å². The number of carbonyl (C=O) groups excluding carboxylic acids is 1. The summed E-state index contributed by atoms with van der Waals surface area (Å²) in [6.07, 6.45) is 6.68. The van der Waals surface area contributed by atoms with E-state index in [2.05, 4.69) is 31.7 Å². The summed E-state index contributed by atoms with van der Waals surface area (Å²) in [5.41, 5.74) is 2.84. The van der Waals surface area contributed by atoms with Gasteiger partial charge < -0.3 is 15.5 Å². The molecule has 2 N–H and O–H groups in total.